The lowest BCUT2D eigenvalue weighted by Crippen LogP contribution is -2.47. The Morgan fingerprint density at radius 2 is 1.92 bits per heavy atom. The molecular weight excluding hydrogens is 160 g/mol. The number of nitrogens with two attached hydrogens (primary N) is 1. The van der Waals surface area contributed by atoms with Gasteiger partial charge in [-0.1, -0.05) is 19.8 Å². The van der Waals surface area contributed by atoms with Crippen molar-refractivity contribution in [3.8, 4) is 0 Å². The van der Waals surface area contributed by atoms with Crippen molar-refractivity contribution in [1.82, 2.24) is 4.90 Å². The molecule has 0 bridgehead atoms. The van der Waals surface area contributed by atoms with E-state index < -0.39 is 0 Å². The molecule has 2 fully saturated rings. The third-order valence-corrected chi connectivity index (χ3v) is 3.92. The van der Waals surface area contributed by atoms with Crippen LogP contribution in [0.25, 0.3) is 0 Å². The first-order valence-corrected chi connectivity index (χ1v) is 5.79. The molecule has 0 atom stereocenters. The molecule has 2 aliphatic carbocycles. The summed E-state index contributed by atoms with van der Waals surface area (Å²) in [5.74, 6) is 0. The van der Waals surface area contributed by atoms with Gasteiger partial charge in [0.25, 0.3) is 0 Å². The lowest BCUT2D eigenvalue weighted by atomic mass is 10.1. The second-order valence-corrected chi connectivity index (χ2v) is 4.65. The van der Waals surface area contributed by atoms with Crippen LogP contribution in [-0.4, -0.2) is 29.6 Å². The third-order valence-electron chi connectivity index (χ3n) is 3.92. The molecule has 0 spiro atoms. The van der Waals surface area contributed by atoms with Crippen LogP contribution in [0.5, 0.6) is 0 Å². The summed E-state index contributed by atoms with van der Waals surface area (Å²) < 4.78 is 0. The predicted octanol–water partition coefficient (Wildman–Crippen LogP) is 1.74. The highest BCUT2D eigenvalue weighted by atomic mass is 15.3. The minimum Gasteiger partial charge on any atom is -0.329 e. The van der Waals surface area contributed by atoms with E-state index in [0.29, 0.717) is 5.54 Å². The Labute approximate surface area is 81.5 Å². The summed E-state index contributed by atoms with van der Waals surface area (Å²) in [4.78, 5) is 2.69. The van der Waals surface area contributed by atoms with Gasteiger partial charge < -0.3 is 5.73 Å². The van der Waals surface area contributed by atoms with E-state index >= 15 is 0 Å². The van der Waals surface area contributed by atoms with E-state index in [2.05, 4.69) is 11.8 Å². The highest BCUT2D eigenvalue weighted by Crippen LogP contribution is 2.44. The first-order chi connectivity index (χ1) is 6.32. The van der Waals surface area contributed by atoms with Gasteiger partial charge in [0.05, 0.1) is 0 Å². The maximum Gasteiger partial charge on any atom is 0.0335 e. The van der Waals surface area contributed by atoms with E-state index in [1.54, 1.807) is 0 Å². The van der Waals surface area contributed by atoms with E-state index in [9.17, 15) is 0 Å². The zero-order valence-electron chi connectivity index (χ0n) is 8.76. The molecule has 0 radical (unpaired) electrons. The molecule has 0 amide bonds. The van der Waals surface area contributed by atoms with Gasteiger partial charge in [-0.2, -0.15) is 0 Å². The monoisotopic (exact) mass is 182 g/mol. The van der Waals surface area contributed by atoms with Crippen LogP contribution in [0.15, 0.2) is 0 Å². The van der Waals surface area contributed by atoms with Crippen LogP contribution in [0, 0.1) is 0 Å². The van der Waals surface area contributed by atoms with Crippen molar-refractivity contribution in [2.75, 3.05) is 13.1 Å². The molecule has 0 unspecified atom stereocenters. The molecule has 0 aromatic heterocycles. The Balaban J connectivity index is 1.99. The summed E-state index contributed by atoms with van der Waals surface area (Å²) in [7, 11) is 0. The second-order valence-electron chi connectivity index (χ2n) is 4.65. The van der Waals surface area contributed by atoms with E-state index in [1.807, 2.05) is 0 Å². The minimum absolute atomic E-state index is 0.434. The molecule has 2 aliphatic rings. The summed E-state index contributed by atoms with van der Waals surface area (Å²) >= 11 is 0. The smallest absolute Gasteiger partial charge is 0.0335 e. The lowest BCUT2D eigenvalue weighted by Gasteiger charge is -2.35. The van der Waals surface area contributed by atoms with E-state index in [-0.39, 0.29) is 0 Å². The van der Waals surface area contributed by atoms with Crippen LogP contribution in [0.1, 0.15) is 45.4 Å². The van der Waals surface area contributed by atoms with E-state index in [0.717, 1.165) is 12.6 Å². The fourth-order valence-electron chi connectivity index (χ4n) is 2.95. The molecule has 0 aromatic rings. The van der Waals surface area contributed by atoms with Gasteiger partial charge in [0.1, 0.15) is 0 Å². The van der Waals surface area contributed by atoms with Gasteiger partial charge in [0, 0.05) is 18.1 Å². The number of hydrogen-bond donors (Lipinski definition) is 1. The van der Waals surface area contributed by atoms with Crippen LogP contribution >= 0.6 is 0 Å². The Hall–Kier alpha value is -0.0800. The highest BCUT2D eigenvalue weighted by Gasteiger charge is 2.48. The summed E-state index contributed by atoms with van der Waals surface area (Å²) in [6.45, 7) is 4.35. The SMILES string of the molecule is CCN(C1CCCC1)C1(CN)CC1. The fraction of sp³-hybridized carbons (Fsp3) is 1.00. The van der Waals surface area contributed by atoms with E-state index in [1.165, 1.54) is 45.1 Å². The Kier molecular flexibility index (Phi) is 2.61. The number of likely N-dealkylation sites (N-methyl/N-ethyl adjacent to an activating group) is 1. The summed E-state index contributed by atoms with van der Waals surface area (Å²) in [5, 5.41) is 0. The predicted molar refractivity (Wildman–Crippen MR) is 55.7 cm³/mol. The molecule has 76 valence electrons. The molecule has 0 aliphatic heterocycles. The summed E-state index contributed by atoms with van der Waals surface area (Å²) in [6.07, 6.45) is 8.37. The lowest BCUT2D eigenvalue weighted by molar-refractivity contribution is 0.130. The minimum atomic E-state index is 0.434. The molecule has 0 aromatic carbocycles. The van der Waals surface area contributed by atoms with Crippen LogP contribution in [-0.2, 0) is 0 Å². The fourth-order valence-corrected chi connectivity index (χ4v) is 2.95. The maximum atomic E-state index is 5.87. The van der Waals surface area contributed by atoms with Crippen molar-refractivity contribution in [3.63, 3.8) is 0 Å². The molecule has 0 heterocycles. The van der Waals surface area contributed by atoms with Gasteiger partial charge >= 0.3 is 0 Å². The maximum absolute atomic E-state index is 5.87. The summed E-state index contributed by atoms with van der Waals surface area (Å²) in [5.41, 5.74) is 6.31. The normalized spacial score (nSPS) is 27.0. The number of nitrogens with zero attached hydrogens (tertiary/aromatic N) is 1. The average molecular weight is 182 g/mol. The molecule has 2 heteroatoms. The van der Waals surface area contributed by atoms with Gasteiger partial charge in [-0.3, -0.25) is 4.90 Å². The standard InChI is InChI=1S/C11H22N2/c1-2-13(10-5-3-4-6-10)11(9-12)7-8-11/h10H,2-9,12H2,1H3. The third kappa shape index (κ3) is 1.62. The topological polar surface area (TPSA) is 29.3 Å². The number of rotatable bonds is 4. The van der Waals surface area contributed by atoms with Crippen molar-refractivity contribution in [1.29, 1.82) is 0 Å². The second kappa shape index (κ2) is 3.58. The molecular formula is C11H22N2. The van der Waals surface area contributed by atoms with Gasteiger partial charge in [0.15, 0.2) is 0 Å². The first kappa shape index (κ1) is 9.47. The van der Waals surface area contributed by atoms with E-state index in [4.69, 9.17) is 5.73 Å². The van der Waals surface area contributed by atoms with Crippen molar-refractivity contribution >= 4 is 0 Å². The zero-order valence-corrected chi connectivity index (χ0v) is 8.76. The quantitative estimate of drug-likeness (QED) is 0.717. The molecule has 2 saturated carbocycles. The van der Waals surface area contributed by atoms with Gasteiger partial charge in [-0.15, -0.1) is 0 Å². The van der Waals surface area contributed by atoms with Crippen LogP contribution in [0.2, 0.25) is 0 Å². The number of hydrogen-bond acceptors (Lipinski definition) is 2. The Morgan fingerprint density at radius 3 is 2.31 bits per heavy atom. The van der Waals surface area contributed by atoms with Gasteiger partial charge in [0.2, 0.25) is 0 Å². The van der Waals surface area contributed by atoms with Crippen molar-refractivity contribution in [3.05, 3.63) is 0 Å². The largest absolute Gasteiger partial charge is 0.329 e. The highest BCUT2D eigenvalue weighted by molar-refractivity contribution is 5.06. The van der Waals surface area contributed by atoms with Gasteiger partial charge in [-0.25, -0.2) is 0 Å². The van der Waals surface area contributed by atoms with Crippen molar-refractivity contribution in [2.45, 2.75) is 57.0 Å². The van der Waals surface area contributed by atoms with Crippen molar-refractivity contribution < 1.29 is 0 Å². The van der Waals surface area contributed by atoms with Crippen LogP contribution < -0.4 is 5.73 Å². The zero-order chi connectivity index (χ0) is 9.31. The molecule has 2 rings (SSSR count). The Morgan fingerprint density at radius 1 is 1.31 bits per heavy atom. The molecule has 2 nitrogen and oxygen atoms in total. The average Bonchev–Trinajstić information content (AvgIpc) is 2.75. The van der Waals surface area contributed by atoms with Crippen molar-refractivity contribution in [2.24, 2.45) is 5.73 Å². The molecule has 2 N–H and O–H groups in total. The Bertz CT molecular complexity index is 169. The first-order valence-electron chi connectivity index (χ1n) is 5.79. The molecule has 0 saturated heterocycles. The van der Waals surface area contributed by atoms with Gasteiger partial charge in [-0.05, 0) is 32.2 Å². The molecule has 13 heavy (non-hydrogen) atoms. The van der Waals surface area contributed by atoms with Crippen LogP contribution in [0.4, 0.5) is 0 Å². The summed E-state index contributed by atoms with van der Waals surface area (Å²) in [6, 6.07) is 0.857. The van der Waals surface area contributed by atoms with Crippen LogP contribution in [0.3, 0.4) is 0 Å².